The Morgan fingerprint density at radius 1 is 1.41 bits per heavy atom. The lowest BCUT2D eigenvalue weighted by molar-refractivity contribution is -0.145. The Hall–Kier alpha value is -0.870. The summed E-state index contributed by atoms with van der Waals surface area (Å²) in [5, 5.41) is 3.25. The molecule has 0 aliphatic carbocycles. The highest BCUT2D eigenvalue weighted by molar-refractivity contribution is 7.12. The van der Waals surface area contributed by atoms with E-state index in [1.165, 1.54) is 9.75 Å². The van der Waals surface area contributed by atoms with E-state index in [1.54, 1.807) is 11.3 Å². The zero-order valence-electron chi connectivity index (χ0n) is 10.9. The second-order valence-electron chi connectivity index (χ2n) is 4.02. The molecule has 0 saturated carbocycles. The van der Waals surface area contributed by atoms with Crippen molar-refractivity contribution in [2.24, 2.45) is 0 Å². The van der Waals surface area contributed by atoms with E-state index in [0.29, 0.717) is 6.61 Å². The number of hydrogen-bond acceptors (Lipinski definition) is 4. The Balaban J connectivity index is 2.53. The first-order chi connectivity index (χ1) is 8.08. The third kappa shape index (κ3) is 4.13. The molecule has 4 heteroatoms. The lowest BCUT2D eigenvalue weighted by atomic mass is 10.2. The van der Waals surface area contributed by atoms with E-state index in [4.69, 9.17) is 4.74 Å². The average Bonchev–Trinajstić information content (AvgIpc) is 2.77. The van der Waals surface area contributed by atoms with E-state index >= 15 is 0 Å². The predicted octanol–water partition coefficient (Wildman–Crippen LogP) is 2.91. The lowest BCUT2D eigenvalue weighted by Crippen LogP contribution is -2.36. The van der Waals surface area contributed by atoms with E-state index < -0.39 is 0 Å². The average molecular weight is 255 g/mol. The quantitative estimate of drug-likeness (QED) is 0.794. The Labute approximate surface area is 107 Å². The maximum atomic E-state index is 11.5. The maximum absolute atomic E-state index is 11.5. The summed E-state index contributed by atoms with van der Waals surface area (Å²) in [5.74, 6) is -0.188. The topological polar surface area (TPSA) is 38.3 Å². The number of thiophene rings is 1. The molecule has 1 aromatic heterocycles. The van der Waals surface area contributed by atoms with E-state index in [-0.39, 0.29) is 18.1 Å². The molecule has 1 N–H and O–H groups in total. The van der Waals surface area contributed by atoms with Crippen LogP contribution in [0.25, 0.3) is 0 Å². The first-order valence-corrected chi connectivity index (χ1v) is 6.91. The van der Waals surface area contributed by atoms with Gasteiger partial charge >= 0.3 is 5.97 Å². The molecule has 0 radical (unpaired) electrons. The number of aryl methyl sites for hydroxylation is 1. The molecule has 0 spiro atoms. The van der Waals surface area contributed by atoms with Gasteiger partial charge in [0.15, 0.2) is 0 Å². The zero-order valence-corrected chi connectivity index (χ0v) is 11.8. The van der Waals surface area contributed by atoms with Crippen molar-refractivity contribution in [1.82, 2.24) is 5.32 Å². The van der Waals surface area contributed by atoms with E-state index in [9.17, 15) is 4.79 Å². The van der Waals surface area contributed by atoms with Crippen molar-refractivity contribution >= 4 is 17.3 Å². The van der Waals surface area contributed by atoms with Crippen LogP contribution in [0, 0.1) is 0 Å². The van der Waals surface area contributed by atoms with Gasteiger partial charge in [0.1, 0.15) is 6.04 Å². The van der Waals surface area contributed by atoms with Gasteiger partial charge in [-0.15, -0.1) is 11.3 Å². The molecular formula is C13H21NO2S. The fourth-order valence-electron chi connectivity index (χ4n) is 1.61. The van der Waals surface area contributed by atoms with Crippen molar-refractivity contribution in [2.75, 3.05) is 6.61 Å². The van der Waals surface area contributed by atoms with Crippen LogP contribution in [0.1, 0.15) is 43.5 Å². The number of carbonyl (C=O) groups is 1. The zero-order chi connectivity index (χ0) is 12.8. The molecule has 1 rings (SSSR count). The van der Waals surface area contributed by atoms with Gasteiger partial charge in [0.2, 0.25) is 0 Å². The molecule has 1 heterocycles. The minimum Gasteiger partial charge on any atom is -0.465 e. The molecule has 0 aromatic carbocycles. The number of hydrogen-bond donors (Lipinski definition) is 1. The number of esters is 1. The SMILES string of the molecule is CCOC(=O)C(C)NC(C)c1ccc(CC)s1. The van der Waals surface area contributed by atoms with Crippen molar-refractivity contribution in [3.63, 3.8) is 0 Å². The van der Waals surface area contributed by atoms with Crippen LogP contribution in [0.2, 0.25) is 0 Å². The van der Waals surface area contributed by atoms with Gasteiger partial charge in [0.25, 0.3) is 0 Å². The molecule has 96 valence electrons. The van der Waals surface area contributed by atoms with Gasteiger partial charge in [-0.25, -0.2) is 0 Å². The van der Waals surface area contributed by atoms with Crippen LogP contribution in [-0.4, -0.2) is 18.6 Å². The fourth-order valence-corrected chi connectivity index (χ4v) is 2.57. The van der Waals surface area contributed by atoms with E-state index in [1.807, 2.05) is 13.8 Å². The smallest absolute Gasteiger partial charge is 0.322 e. The molecule has 3 nitrogen and oxygen atoms in total. The number of nitrogens with one attached hydrogen (secondary N) is 1. The highest BCUT2D eigenvalue weighted by Gasteiger charge is 2.17. The highest BCUT2D eigenvalue weighted by Crippen LogP contribution is 2.23. The lowest BCUT2D eigenvalue weighted by Gasteiger charge is -2.17. The summed E-state index contributed by atoms with van der Waals surface area (Å²) in [6.07, 6.45) is 1.06. The Kier molecular flexibility index (Phi) is 5.65. The Morgan fingerprint density at radius 3 is 2.65 bits per heavy atom. The molecule has 1 aromatic rings. The van der Waals surface area contributed by atoms with Crippen LogP contribution in [0.4, 0.5) is 0 Å². The summed E-state index contributed by atoms with van der Waals surface area (Å²) < 4.78 is 4.97. The maximum Gasteiger partial charge on any atom is 0.322 e. The summed E-state index contributed by atoms with van der Waals surface area (Å²) in [6.45, 7) is 8.30. The van der Waals surface area contributed by atoms with Crippen molar-refractivity contribution in [2.45, 2.75) is 46.2 Å². The molecule has 0 bridgehead atoms. The van der Waals surface area contributed by atoms with Crippen LogP contribution in [0.5, 0.6) is 0 Å². The third-order valence-electron chi connectivity index (χ3n) is 2.60. The monoisotopic (exact) mass is 255 g/mol. The minimum atomic E-state index is -0.267. The summed E-state index contributed by atoms with van der Waals surface area (Å²) in [5.41, 5.74) is 0. The molecule has 0 amide bonds. The molecule has 2 unspecified atom stereocenters. The first kappa shape index (κ1) is 14.2. The van der Waals surface area contributed by atoms with Gasteiger partial charge < -0.3 is 4.74 Å². The normalized spacial score (nSPS) is 14.4. The molecule has 0 aliphatic heterocycles. The number of ether oxygens (including phenoxy) is 1. The minimum absolute atomic E-state index is 0.180. The van der Waals surface area contributed by atoms with E-state index in [2.05, 4.69) is 31.3 Å². The van der Waals surface area contributed by atoms with Crippen molar-refractivity contribution in [3.05, 3.63) is 21.9 Å². The molecule has 2 atom stereocenters. The van der Waals surface area contributed by atoms with E-state index in [0.717, 1.165) is 6.42 Å². The van der Waals surface area contributed by atoms with Crippen molar-refractivity contribution in [3.8, 4) is 0 Å². The third-order valence-corrected chi connectivity index (χ3v) is 4.01. The van der Waals surface area contributed by atoms with Crippen LogP contribution in [-0.2, 0) is 16.0 Å². The second kappa shape index (κ2) is 6.77. The van der Waals surface area contributed by atoms with Gasteiger partial charge in [-0.3, -0.25) is 10.1 Å². The summed E-state index contributed by atoms with van der Waals surface area (Å²) >= 11 is 1.79. The molecule has 17 heavy (non-hydrogen) atoms. The second-order valence-corrected chi connectivity index (χ2v) is 5.22. The van der Waals surface area contributed by atoms with Gasteiger partial charge in [0, 0.05) is 15.8 Å². The number of rotatable bonds is 6. The fraction of sp³-hybridized carbons (Fsp3) is 0.615. The van der Waals surface area contributed by atoms with Crippen LogP contribution < -0.4 is 5.32 Å². The number of carbonyl (C=O) groups excluding carboxylic acids is 1. The molecular weight excluding hydrogens is 234 g/mol. The summed E-state index contributed by atoms with van der Waals surface area (Å²) in [7, 11) is 0. The van der Waals surface area contributed by atoms with Crippen molar-refractivity contribution < 1.29 is 9.53 Å². The highest BCUT2D eigenvalue weighted by atomic mass is 32.1. The summed E-state index contributed by atoms with van der Waals surface area (Å²) in [4.78, 5) is 14.1. The van der Waals surface area contributed by atoms with Crippen molar-refractivity contribution in [1.29, 1.82) is 0 Å². The van der Waals surface area contributed by atoms with Gasteiger partial charge in [-0.2, -0.15) is 0 Å². The largest absolute Gasteiger partial charge is 0.465 e. The Bertz CT molecular complexity index is 362. The molecule has 0 saturated heterocycles. The summed E-state index contributed by atoms with van der Waals surface area (Å²) in [6, 6.07) is 4.18. The predicted molar refractivity (Wildman–Crippen MR) is 71.3 cm³/mol. The molecule has 0 aliphatic rings. The first-order valence-electron chi connectivity index (χ1n) is 6.09. The standard InChI is InChI=1S/C13H21NO2S/c1-5-11-7-8-12(17-11)9(3)14-10(4)13(15)16-6-2/h7-10,14H,5-6H2,1-4H3. The van der Waals surface area contributed by atoms with Crippen LogP contribution >= 0.6 is 11.3 Å². The van der Waals surface area contributed by atoms with Gasteiger partial charge in [-0.05, 0) is 39.3 Å². The van der Waals surface area contributed by atoms with Crippen LogP contribution in [0.15, 0.2) is 12.1 Å². The van der Waals surface area contributed by atoms with Crippen LogP contribution in [0.3, 0.4) is 0 Å². The van der Waals surface area contributed by atoms with Gasteiger partial charge in [-0.1, -0.05) is 6.92 Å². The van der Waals surface area contributed by atoms with Gasteiger partial charge in [0.05, 0.1) is 6.61 Å². The molecule has 0 fully saturated rings. The Morgan fingerprint density at radius 2 is 2.12 bits per heavy atom.